The molecule has 22 heavy (non-hydrogen) atoms. The summed E-state index contributed by atoms with van der Waals surface area (Å²) in [6.07, 6.45) is 3.62. The van der Waals surface area contributed by atoms with E-state index in [0.717, 1.165) is 24.4 Å². The first-order valence-corrected chi connectivity index (χ1v) is 7.62. The van der Waals surface area contributed by atoms with E-state index in [1.54, 1.807) is 0 Å². The summed E-state index contributed by atoms with van der Waals surface area (Å²) in [5, 5.41) is 12.2. The van der Waals surface area contributed by atoms with Gasteiger partial charge in [-0.2, -0.15) is 0 Å². The lowest BCUT2D eigenvalue weighted by atomic mass is 10.1. The molecule has 3 rings (SSSR count). The molecule has 1 saturated heterocycles. The highest BCUT2D eigenvalue weighted by Crippen LogP contribution is 2.18. The lowest BCUT2D eigenvalue weighted by Gasteiger charge is -2.24. The Bertz CT molecular complexity index is 618. The molecule has 1 aliphatic heterocycles. The third kappa shape index (κ3) is 3.63. The number of nitrogens with zero attached hydrogens (tertiary/aromatic N) is 4. The molecule has 6 nitrogen and oxygen atoms in total. The fourth-order valence-electron chi connectivity index (χ4n) is 2.43. The van der Waals surface area contributed by atoms with Crippen molar-refractivity contribution in [3.05, 3.63) is 41.8 Å². The predicted molar refractivity (Wildman–Crippen MR) is 83.8 cm³/mol. The third-order valence-electron chi connectivity index (χ3n) is 3.66. The van der Waals surface area contributed by atoms with Crippen LogP contribution in [-0.4, -0.2) is 29.0 Å². The standard InChI is InChI=1S/C16H20N4O2/c1-13(14-8-4-2-5-9-14)19-21-12-15-17-18-16(22-15)20-10-6-3-7-11-20/h2,4-5,8-9H,3,6-7,10-12H2,1H3/b19-13+. The molecule has 0 aliphatic carbocycles. The van der Waals surface area contributed by atoms with Gasteiger partial charge in [-0.3, -0.25) is 0 Å². The Balaban J connectivity index is 1.54. The maximum absolute atomic E-state index is 5.62. The second-order valence-corrected chi connectivity index (χ2v) is 5.34. The molecular weight excluding hydrogens is 280 g/mol. The van der Waals surface area contributed by atoms with Crippen LogP contribution in [0.15, 0.2) is 39.9 Å². The highest BCUT2D eigenvalue weighted by Gasteiger charge is 2.17. The lowest BCUT2D eigenvalue weighted by molar-refractivity contribution is 0.111. The Hall–Kier alpha value is -2.37. The Kier molecular flexibility index (Phi) is 4.68. The first-order valence-electron chi connectivity index (χ1n) is 7.62. The summed E-state index contributed by atoms with van der Waals surface area (Å²) in [6.45, 7) is 4.05. The minimum absolute atomic E-state index is 0.186. The van der Waals surface area contributed by atoms with Crippen LogP contribution in [0, 0.1) is 0 Å². The summed E-state index contributed by atoms with van der Waals surface area (Å²) in [7, 11) is 0. The molecule has 0 radical (unpaired) electrons. The largest absolute Gasteiger partial charge is 0.404 e. The van der Waals surface area contributed by atoms with E-state index in [4.69, 9.17) is 9.25 Å². The van der Waals surface area contributed by atoms with Crippen molar-refractivity contribution in [2.45, 2.75) is 32.8 Å². The van der Waals surface area contributed by atoms with E-state index >= 15 is 0 Å². The van der Waals surface area contributed by atoms with Gasteiger partial charge in [0.05, 0.1) is 5.71 Å². The van der Waals surface area contributed by atoms with Gasteiger partial charge in [0.25, 0.3) is 5.89 Å². The van der Waals surface area contributed by atoms with Crippen molar-refractivity contribution >= 4 is 11.7 Å². The zero-order valence-electron chi connectivity index (χ0n) is 12.7. The average molecular weight is 300 g/mol. The molecule has 0 N–H and O–H groups in total. The number of oxime groups is 1. The van der Waals surface area contributed by atoms with E-state index in [1.807, 2.05) is 37.3 Å². The molecule has 0 amide bonds. The summed E-state index contributed by atoms with van der Waals surface area (Å²) in [5.41, 5.74) is 1.85. The second kappa shape index (κ2) is 7.06. The van der Waals surface area contributed by atoms with Crippen molar-refractivity contribution < 1.29 is 9.25 Å². The first-order chi connectivity index (χ1) is 10.8. The van der Waals surface area contributed by atoms with Gasteiger partial charge in [-0.15, -0.1) is 5.10 Å². The number of hydrogen-bond donors (Lipinski definition) is 0. The predicted octanol–water partition coefficient (Wildman–Crippen LogP) is 3.00. The van der Waals surface area contributed by atoms with Crippen molar-refractivity contribution in [2.75, 3.05) is 18.0 Å². The van der Waals surface area contributed by atoms with Crippen molar-refractivity contribution in [3.63, 3.8) is 0 Å². The van der Waals surface area contributed by atoms with E-state index in [2.05, 4.69) is 20.3 Å². The number of benzene rings is 1. The number of piperidine rings is 1. The van der Waals surface area contributed by atoms with Gasteiger partial charge in [-0.25, -0.2) is 0 Å². The number of aromatic nitrogens is 2. The first kappa shape index (κ1) is 14.6. The molecule has 1 fully saturated rings. The van der Waals surface area contributed by atoms with Crippen LogP contribution in [-0.2, 0) is 11.4 Å². The topological polar surface area (TPSA) is 63.8 Å². The summed E-state index contributed by atoms with van der Waals surface area (Å²) < 4.78 is 5.62. The van der Waals surface area contributed by atoms with Gasteiger partial charge >= 0.3 is 6.01 Å². The Labute approximate surface area is 129 Å². The summed E-state index contributed by atoms with van der Waals surface area (Å²) >= 11 is 0. The molecule has 6 heteroatoms. The van der Waals surface area contributed by atoms with E-state index in [0.29, 0.717) is 11.9 Å². The van der Waals surface area contributed by atoms with Crippen molar-refractivity contribution in [1.82, 2.24) is 10.2 Å². The molecule has 0 saturated carbocycles. The minimum Gasteiger partial charge on any atom is -0.404 e. The smallest absolute Gasteiger partial charge is 0.318 e. The quantitative estimate of drug-likeness (QED) is 0.627. The number of hydrogen-bond acceptors (Lipinski definition) is 6. The molecule has 0 unspecified atom stereocenters. The lowest BCUT2D eigenvalue weighted by Crippen LogP contribution is -2.29. The van der Waals surface area contributed by atoms with E-state index in [-0.39, 0.29) is 6.61 Å². The van der Waals surface area contributed by atoms with Crippen LogP contribution in [0.2, 0.25) is 0 Å². The highest BCUT2D eigenvalue weighted by atomic mass is 16.6. The van der Waals surface area contributed by atoms with Gasteiger partial charge in [-0.05, 0) is 31.7 Å². The minimum atomic E-state index is 0.186. The highest BCUT2D eigenvalue weighted by molar-refractivity contribution is 5.98. The molecule has 2 heterocycles. The maximum Gasteiger partial charge on any atom is 0.318 e. The number of anilines is 1. The molecule has 2 aromatic rings. The van der Waals surface area contributed by atoms with Crippen LogP contribution in [0.4, 0.5) is 6.01 Å². The number of rotatable bonds is 5. The van der Waals surface area contributed by atoms with Crippen LogP contribution < -0.4 is 4.90 Å². The van der Waals surface area contributed by atoms with Crippen molar-refractivity contribution in [2.24, 2.45) is 5.16 Å². The van der Waals surface area contributed by atoms with Gasteiger partial charge in [0, 0.05) is 13.1 Å². The van der Waals surface area contributed by atoms with Gasteiger partial charge in [0.2, 0.25) is 0 Å². The monoisotopic (exact) mass is 300 g/mol. The zero-order chi connectivity index (χ0) is 15.2. The molecule has 1 aliphatic rings. The van der Waals surface area contributed by atoms with Crippen molar-refractivity contribution in [3.8, 4) is 0 Å². The molecule has 1 aromatic carbocycles. The fraction of sp³-hybridized carbons (Fsp3) is 0.438. The summed E-state index contributed by atoms with van der Waals surface area (Å²) in [6, 6.07) is 10.5. The second-order valence-electron chi connectivity index (χ2n) is 5.34. The fourth-order valence-corrected chi connectivity index (χ4v) is 2.43. The Morgan fingerprint density at radius 1 is 1.18 bits per heavy atom. The summed E-state index contributed by atoms with van der Waals surface area (Å²) in [5.74, 6) is 0.449. The molecule has 0 bridgehead atoms. The van der Waals surface area contributed by atoms with Crippen LogP contribution in [0.1, 0.15) is 37.6 Å². The Morgan fingerprint density at radius 2 is 1.95 bits per heavy atom. The van der Waals surface area contributed by atoms with Gasteiger partial charge in [0.1, 0.15) is 0 Å². The van der Waals surface area contributed by atoms with Crippen LogP contribution in [0.5, 0.6) is 0 Å². The molecular formula is C16H20N4O2. The van der Waals surface area contributed by atoms with Crippen LogP contribution in [0.3, 0.4) is 0 Å². The van der Waals surface area contributed by atoms with E-state index in [1.165, 1.54) is 19.3 Å². The Morgan fingerprint density at radius 3 is 2.73 bits per heavy atom. The van der Waals surface area contributed by atoms with Gasteiger partial charge in [0.15, 0.2) is 6.61 Å². The van der Waals surface area contributed by atoms with E-state index < -0.39 is 0 Å². The van der Waals surface area contributed by atoms with E-state index in [9.17, 15) is 0 Å². The summed E-state index contributed by atoms with van der Waals surface area (Å²) in [4.78, 5) is 7.43. The zero-order valence-corrected chi connectivity index (χ0v) is 12.7. The molecule has 0 spiro atoms. The molecule has 1 aromatic heterocycles. The molecule has 116 valence electrons. The normalized spacial score (nSPS) is 15.9. The van der Waals surface area contributed by atoms with Gasteiger partial charge < -0.3 is 14.2 Å². The van der Waals surface area contributed by atoms with Gasteiger partial charge in [-0.1, -0.05) is 40.6 Å². The molecule has 0 atom stereocenters. The van der Waals surface area contributed by atoms with Crippen LogP contribution in [0.25, 0.3) is 0 Å². The van der Waals surface area contributed by atoms with Crippen molar-refractivity contribution in [1.29, 1.82) is 0 Å². The SMILES string of the molecule is C/C(=N\OCc1nnc(N2CCCCC2)o1)c1ccccc1. The van der Waals surface area contributed by atoms with Crippen LogP contribution >= 0.6 is 0 Å². The maximum atomic E-state index is 5.62. The average Bonchev–Trinajstić information content (AvgIpc) is 3.05. The third-order valence-corrected chi connectivity index (χ3v) is 3.66.